The maximum absolute atomic E-state index is 12.9. The number of ketones is 1. The Morgan fingerprint density at radius 1 is 0.846 bits per heavy atom. The first-order valence-electron chi connectivity index (χ1n) is 7.61. The average Bonchev–Trinajstić information content (AvgIpc) is 2.63. The third-order valence-electron chi connectivity index (χ3n) is 3.68. The highest BCUT2D eigenvalue weighted by Crippen LogP contribution is 2.27. The summed E-state index contributed by atoms with van der Waals surface area (Å²) in [6, 6.07) is 18.4. The molecule has 6 heteroatoms. The largest absolute Gasteiger partial charge is 0.321 e. The Labute approximate surface area is 169 Å². The zero-order chi connectivity index (χ0) is 18.7. The molecule has 130 valence electrons. The zero-order valence-electron chi connectivity index (χ0n) is 13.3. The summed E-state index contributed by atoms with van der Waals surface area (Å²) in [7, 11) is 0. The summed E-state index contributed by atoms with van der Waals surface area (Å²) in [6.07, 6.45) is 0. The number of carbonyl (C=O) groups excluding carboxylic acids is 2. The summed E-state index contributed by atoms with van der Waals surface area (Å²) in [4.78, 5) is 25.4. The second-order valence-corrected chi connectivity index (χ2v) is 7.22. The van der Waals surface area contributed by atoms with Crippen molar-refractivity contribution in [3.8, 4) is 0 Å². The Bertz CT molecular complexity index is 1000. The SMILES string of the molecule is O=C(Nc1ccc(Cl)cc1C(=O)c1ccccc1Cl)c1cccc(Br)c1. The normalized spacial score (nSPS) is 10.4. The lowest BCUT2D eigenvalue weighted by molar-refractivity contribution is 0.102. The van der Waals surface area contributed by atoms with Gasteiger partial charge in [0.2, 0.25) is 0 Å². The predicted octanol–water partition coefficient (Wildman–Crippen LogP) is 6.24. The summed E-state index contributed by atoms with van der Waals surface area (Å²) in [6.45, 7) is 0. The molecule has 1 amide bonds. The van der Waals surface area contributed by atoms with Gasteiger partial charge in [-0.15, -0.1) is 0 Å². The lowest BCUT2D eigenvalue weighted by atomic mass is 10.0. The van der Waals surface area contributed by atoms with Crippen LogP contribution in [0.15, 0.2) is 71.2 Å². The van der Waals surface area contributed by atoms with Gasteiger partial charge in [0.15, 0.2) is 5.78 Å². The highest BCUT2D eigenvalue weighted by molar-refractivity contribution is 9.10. The molecule has 0 atom stereocenters. The van der Waals surface area contributed by atoms with E-state index in [1.54, 1.807) is 54.6 Å². The maximum Gasteiger partial charge on any atom is 0.255 e. The summed E-state index contributed by atoms with van der Waals surface area (Å²) in [5.41, 5.74) is 1.44. The van der Waals surface area contributed by atoms with Crippen LogP contribution in [-0.4, -0.2) is 11.7 Å². The quantitative estimate of drug-likeness (QED) is 0.480. The summed E-state index contributed by atoms with van der Waals surface area (Å²) in [5, 5.41) is 3.49. The molecule has 0 bridgehead atoms. The Hall–Kier alpha value is -2.14. The van der Waals surface area contributed by atoms with E-state index >= 15 is 0 Å². The number of carbonyl (C=O) groups is 2. The van der Waals surface area contributed by atoms with Gasteiger partial charge in [-0.05, 0) is 48.5 Å². The van der Waals surface area contributed by atoms with Crippen molar-refractivity contribution in [1.82, 2.24) is 0 Å². The third kappa shape index (κ3) is 4.15. The minimum atomic E-state index is -0.332. The van der Waals surface area contributed by atoms with E-state index in [2.05, 4.69) is 21.2 Å². The third-order valence-corrected chi connectivity index (χ3v) is 4.74. The molecule has 0 unspecified atom stereocenters. The molecular weight excluding hydrogens is 437 g/mol. The molecule has 26 heavy (non-hydrogen) atoms. The van der Waals surface area contributed by atoms with Gasteiger partial charge < -0.3 is 5.32 Å². The van der Waals surface area contributed by atoms with Crippen molar-refractivity contribution in [3.05, 3.63) is 97.9 Å². The first-order chi connectivity index (χ1) is 12.5. The molecule has 0 spiro atoms. The van der Waals surface area contributed by atoms with Crippen LogP contribution in [0.3, 0.4) is 0 Å². The van der Waals surface area contributed by atoms with E-state index in [4.69, 9.17) is 23.2 Å². The van der Waals surface area contributed by atoms with Crippen molar-refractivity contribution in [2.75, 3.05) is 5.32 Å². The second-order valence-electron chi connectivity index (χ2n) is 5.46. The standard InChI is InChI=1S/C20H12BrCl2NO2/c21-13-5-3-4-12(10-13)20(26)24-18-9-8-14(22)11-16(18)19(25)15-6-1-2-7-17(15)23/h1-11H,(H,24,26). The van der Waals surface area contributed by atoms with Crippen molar-refractivity contribution in [2.24, 2.45) is 0 Å². The second kappa shape index (κ2) is 8.04. The number of amides is 1. The van der Waals surface area contributed by atoms with Crippen LogP contribution in [0.2, 0.25) is 10.0 Å². The number of halogens is 3. The zero-order valence-corrected chi connectivity index (χ0v) is 16.4. The molecule has 0 saturated heterocycles. The van der Waals surface area contributed by atoms with Gasteiger partial charge in [-0.2, -0.15) is 0 Å². The molecule has 3 aromatic carbocycles. The smallest absolute Gasteiger partial charge is 0.255 e. The molecule has 0 saturated carbocycles. The van der Waals surface area contributed by atoms with E-state index in [1.807, 2.05) is 6.07 Å². The number of nitrogens with one attached hydrogen (secondary N) is 1. The monoisotopic (exact) mass is 447 g/mol. The van der Waals surface area contributed by atoms with E-state index in [0.717, 1.165) is 4.47 Å². The van der Waals surface area contributed by atoms with Gasteiger partial charge in [-0.25, -0.2) is 0 Å². The lowest BCUT2D eigenvalue weighted by Gasteiger charge is -2.12. The molecule has 1 N–H and O–H groups in total. The fraction of sp³-hybridized carbons (Fsp3) is 0. The van der Waals surface area contributed by atoms with Crippen LogP contribution in [0.25, 0.3) is 0 Å². The van der Waals surface area contributed by atoms with E-state index in [-0.39, 0.29) is 17.3 Å². The van der Waals surface area contributed by atoms with E-state index < -0.39 is 0 Å². The highest BCUT2D eigenvalue weighted by Gasteiger charge is 2.18. The van der Waals surface area contributed by atoms with Crippen LogP contribution in [-0.2, 0) is 0 Å². The molecule has 0 aromatic heterocycles. The molecular formula is C20H12BrCl2NO2. The van der Waals surface area contributed by atoms with Crippen LogP contribution in [0.5, 0.6) is 0 Å². The minimum absolute atomic E-state index is 0.272. The first-order valence-corrected chi connectivity index (χ1v) is 9.16. The van der Waals surface area contributed by atoms with Crippen LogP contribution >= 0.6 is 39.1 Å². The molecule has 0 radical (unpaired) electrons. The first kappa shape index (κ1) is 18.6. The molecule has 0 fully saturated rings. The summed E-state index contributed by atoms with van der Waals surface area (Å²) >= 11 is 15.5. The van der Waals surface area contributed by atoms with Crippen LogP contribution in [0.4, 0.5) is 5.69 Å². The topological polar surface area (TPSA) is 46.2 Å². The Morgan fingerprint density at radius 3 is 2.35 bits per heavy atom. The molecule has 0 aliphatic carbocycles. The van der Waals surface area contributed by atoms with Gasteiger partial charge in [0.25, 0.3) is 5.91 Å². The highest BCUT2D eigenvalue weighted by atomic mass is 79.9. The Morgan fingerprint density at radius 2 is 1.62 bits per heavy atom. The van der Waals surface area contributed by atoms with Crippen LogP contribution < -0.4 is 5.32 Å². The number of hydrogen-bond acceptors (Lipinski definition) is 2. The number of rotatable bonds is 4. The van der Waals surface area contributed by atoms with Gasteiger partial charge in [-0.1, -0.05) is 57.3 Å². The van der Waals surface area contributed by atoms with Gasteiger partial charge in [0.1, 0.15) is 0 Å². The molecule has 3 nitrogen and oxygen atoms in total. The number of hydrogen-bond donors (Lipinski definition) is 1. The minimum Gasteiger partial charge on any atom is -0.321 e. The summed E-state index contributed by atoms with van der Waals surface area (Å²) in [5.74, 6) is -0.649. The van der Waals surface area contributed by atoms with E-state index in [9.17, 15) is 9.59 Å². The van der Waals surface area contributed by atoms with Crippen molar-refractivity contribution in [1.29, 1.82) is 0 Å². The van der Waals surface area contributed by atoms with Gasteiger partial charge in [0.05, 0.1) is 10.7 Å². The van der Waals surface area contributed by atoms with Gasteiger partial charge in [0, 0.05) is 26.2 Å². The lowest BCUT2D eigenvalue weighted by Crippen LogP contribution is -2.15. The number of anilines is 1. The van der Waals surface area contributed by atoms with Crippen molar-refractivity contribution >= 4 is 56.5 Å². The average molecular weight is 449 g/mol. The van der Waals surface area contributed by atoms with Crippen molar-refractivity contribution < 1.29 is 9.59 Å². The number of benzene rings is 3. The van der Waals surface area contributed by atoms with Crippen LogP contribution in [0, 0.1) is 0 Å². The van der Waals surface area contributed by atoms with Crippen molar-refractivity contribution in [2.45, 2.75) is 0 Å². The molecule has 0 aliphatic heterocycles. The summed E-state index contributed by atoms with van der Waals surface area (Å²) < 4.78 is 0.786. The Balaban J connectivity index is 1.97. The van der Waals surface area contributed by atoms with Crippen LogP contribution in [0.1, 0.15) is 26.3 Å². The molecule has 0 heterocycles. The predicted molar refractivity (Wildman–Crippen MR) is 108 cm³/mol. The molecule has 0 aliphatic rings. The Kier molecular flexibility index (Phi) is 5.77. The fourth-order valence-electron chi connectivity index (χ4n) is 2.43. The molecule has 3 rings (SSSR count). The maximum atomic E-state index is 12.9. The molecule has 3 aromatic rings. The van der Waals surface area contributed by atoms with Gasteiger partial charge in [-0.3, -0.25) is 9.59 Å². The van der Waals surface area contributed by atoms with E-state index in [1.165, 1.54) is 6.07 Å². The van der Waals surface area contributed by atoms with Crippen molar-refractivity contribution in [3.63, 3.8) is 0 Å². The van der Waals surface area contributed by atoms with E-state index in [0.29, 0.717) is 26.9 Å². The fourth-order valence-corrected chi connectivity index (χ4v) is 3.22. The van der Waals surface area contributed by atoms with Gasteiger partial charge >= 0.3 is 0 Å².